The summed E-state index contributed by atoms with van der Waals surface area (Å²) in [4.78, 5) is 2.60. The summed E-state index contributed by atoms with van der Waals surface area (Å²) < 4.78 is 9.31. The zero-order chi connectivity index (χ0) is 35.0. The first-order valence-electron chi connectivity index (χ1n) is 18.4. The van der Waals surface area contributed by atoms with Gasteiger partial charge in [0.2, 0.25) is 0 Å². The van der Waals surface area contributed by atoms with Crippen LogP contribution in [0.1, 0.15) is 37.5 Å². The third kappa shape index (κ3) is 3.87. The Labute approximate surface area is 303 Å². The molecule has 0 atom stereocenters. The van der Waals surface area contributed by atoms with E-state index in [1.807, 2.05) is 0 Å². The minimum absolute atomic E-state index is 0.00729. The molecule has 11 rings (SSSR count). The molecular weight excluding hydrogens is 631 g/mol. The average Bonchev–Trinajstić information content (AvgIpc) is 3.70. The smallest absolute Gasteiger partial charge is 0.333 e. The molecule has 0 fully saturated rings. The summed E-state index contributed by atoms with van der Waals surface area (Å²) in [6.07, 6.45) is 0. The lowest BCUT2D eigenvalue weighted by Crippen LogP contribution is -2.57. The van der Waals surface area contributed by atoms with Crippen molar-refractivity contribution < 1.29 is 4.42 Å². The maximum absolute atomic E-state index is 6.66. The van der Waals surface area contributed by atoms with E-state index in [9.17, 15) is 0 Å². The summed E-state index contributed by atoms with van der Waals surface area (Å²) in [5.74, 6) is 0. The summed E-state index contributed by atoms with van der Waals surface area (Å²) in [6, 6.07) is 49.6. The molecule has 248 valence electrons. The van der Waals surface area contributed by atoms with Gasteiger partial charge in [-0.3, -0.25) is 0 Å². The predicted octanol–water partition coefficient (Wildman–Crippen LogP) is 11.7. The first-order valence-corrected chi connectivity index (χ1v) is 18.4. The number of para-hydroxylation sites is 3. The third-order valence-electron chi connectivity index (χ3n) is 11.6. The molecule has 52 heavy (non-hydrogen) atoms. The molecule has 0 saturated heterocycles. The van der Waals surface area contributed by atoms with Gasteiger partial charge in [0.25, 0.3) is 0 Å². The summed E-state index contributed by atoms with van der Waals surface area (Å²) >= 11 is 0. The van der Waals surface area contributed by atoms with E-state index >= 15 is 0 Å². The van der Waals surface area contributed by atoms with E-state index in [4.69, 9.17) is 4.42 Å². The monoisotopic (exact) mass is 668 g/mol. The van der Waals surface area contributed by atoms with E-state index in [-0.39, 0.29) is 12.3 Å². The first kappa shape index (κ1) is 29.7. The number of aryl methyl sites for hydroxylation is 2. The maximum atomic E-state index is 6.66. The minimum atomic E-state index is -0.0619. The number of hydrogen-bond acceptors (Lipinski definition) is 2. The number of hydrogen-bond donors (Lipinski definition) is 0. The molecule has 0 amide bonds. The zero-order valence-electron chi connectivity index (χ0n) is 30.1. The highest BCUT2D eigenvalue weighted by Crippen LogP contribution is 2.50. The fourth-order valence-corrected chi connectivity index (χ4v) is 9.44. The van der Waals surface area contributed by atoms with Crippen LogP contribution >= 0.6 is 0 Å². The van der Waals surface area contributed by atoms with Gasteiger partial charge in [-0.05, 0) is 94.4 Å². The lowest BCUT2D eigenvalue weighted by atomic mass is 9.44. The molecule has 0 N–H and O–H groups in total. The molecule has 0 unspecified atom stereocenters. The molecular formula is C48H37BN2O. The second-order valence-electron chi connectivity index (χ2n) is 15.8. The van der Waals surface area contributed by atoms with E-state index in [1.165, 1.54) is 94.1 Å². The van der Waals surface area contributed by atoms with Gasteiger partial charge in [0, 0.05) is 55.1 Å². The van der Waals surface area contributed by atoms with Crippen LogP contribution in [0.25, 0.3) is 66.0 Å². The molecule has 2 aromatic heterocycles. The summed E-state index contributed by atoms with van der Waals surface area (Å²) in [5, 5.41) is 4.94. The van der Waals surface area contributed by atoms with Gasteiger partial charge in [0.15, 0.2) is 0 Å². The molecule has 3 nitrogen and oxygen atoms in total. The van der Waals surface area contributed by atoms with Crippen LogP contribution in [0.2, 0.25) is 0 Å². The molecule has 9 aromatic rings. The Balaban J connectivity index is 1.36. The zero-order valence-corrected chi connectivity index (χ0v) is 30.1. The second kappa shape index (κ2) is 10.3. The molecule has 2 aliphatic rings. The Bertz CT molecular complexity index is 2980. The lowest BCUT2D eigenvalue weighted by Gasteiger charge is -2.42. The van der Waals surface area contributed by atoms with Gasteiger partial charge in [-0.2, -0.15) is 0 Å². The fourth-order valence-electron chi connectivity index (χ4n) is 9.44. The van der Waals surface area contributed by atoms with Crippen LogP contribution in [0.3, 0.4) is 0 Å². The van der Waals surface area contributed by atoms with Gasteiger partial charge < -0.3 is 13.8 Å². The Hall–Kier alpha value is -6.00. The van der Waals surface area contributed by atoms with Crippen molar-refractivity contribution in [3.05, 3.63) is 150 Å². The lowest BCUT2D eigenvalue weighted by molar-refractivity contribution is 0.590. The topological polar surface area (TPSA) is 21.3 Å². The SMILES string of the molecule is Cc1cc2c3c(c1)N(c1c(C)cc(C(C)(C)C)cc1-c1ccccc1)c1ccc4oc5ccccc5c4c1B3n1c3ccccc3c3cccc-2c31. The largest absolute Gasteiger partial charge is 0.456 e. The Kier molecular flexibility index (Phi) is 5.88. The van der Waals surface area contributed by atoms with Crippen LogP contribution < -0.4 is 15.8 Å². The van der Waals surface area contributed by atoms with Crippen molar-refractivity contribution in [2.45, 2.75) is 40.0 Å². The molecule has 0 spiro atoms. The Morgan fingerprint density at radius 2 is 1.33 bits per heavy atom. The highest BCUT2D eigenvalue weighted by Gasteiger charge is 2.45. The van der Waals surface area contributed by atoms with Gasteiger partial charge in [-0.1, -0.05) is 118 Å². The summed E-state index contributed by atoms with van der Waals surface area (Å²) in [6.45, 7) is 11.4. The van der Waals surface area contributed by atoms with Crippen LogP contribution in [0, 0.1) is 13.8 Å². The number of aromatic nitrogens is 1. The van der Waals surface area contributed by atoms with Crippen molar-refractivity contribution in [2.24, 2.45) is 0 Å². The fraction of sp³-hybridized carbons (Fsp3) is 0.125. The Morgan fingerprint density at radius 1 is 0.577 bits per heavy atom. The Morgan fingerprint density at radius 3 is 2.15 bits per heavy atom. The highest BCUT2D eigenvalue weighted by molar-refractivity contribution is 6.92. The predicted molar refractivity (Wildman–Crippen MR) is 221 cm³/mol. The number of furan rings is 1. The molecule has 4 heteroatoms. The van der Waals surface area contributed by atoms with E-state index < -0.39 is 0 Å². The van der Waals surface area contributed by atoms with Crippen molar-refractivity contribution in [1.82, 2.24) is 4.48 Å². The number of nitrogens with zero attached hydrogens (tertiary/aromatic N) is 2. The van der Waals surface area contributed by atoms with Crippen LogP contribution in [0.4, 0.5) is 17.1 Å². The molecule has 2 aliphatic heterocycles. The van der Waals surface area contributed by atoms with Gasteiger partial charge >= 0.3 is 6.85 Å². The normalized spacial score (nSPS) is 13.4. The molecule has 0 radical (unpaired) electrons. The van der Waals surface area contributed by atoms with E-state index in [0.29, 0.717) is 0 Å². The molecule has 0 aliphatic carbocycles. The van der Waals surface area contributed by atoms with Crippen LogP contribution in [-0.2, 0) is 5.41 Å². The first-order chi connectivity index (χ1) is 25.3. The van der Waals surface area contributed by atoms with Gasteiger partial charge in [-0.15, -0.1) is 0 Å². The van der Waals surface area contributed by atoms with Crippen molar-refractivity contribution >= 4 is 78.6 Å². The molecule has 7 aromatic carbocycles. The second-order valence-corrected chi connectivity index (χ2v) is 15.8. The van der Waals surface area contributed by atoms with E-state index in [1.54, 1.807) is 0 Å². The van der Waals surface area contributed by atoms with Crippen molar-refractivity contribution in [3.63, 3.8) is 0 Å². The minimum Gasteiger partial charge on any atom is -0.456 e. The van der Waals surface area contributed by atoms with Gasteiger partial charge in [-0.25, -0.2) is 0 Å². The molecule has 0 saturated carbocycles. The van der Waals surface area contributed by atoms with Crippen molar-refractivity contribution in [1.29, 1.82) is 0 Å². The number of benzene rings is 7. The molecule has 4 heterocycles. The van der Waals surface area contributed by atoms with E-state index in [0.717, 1.165) is 16.6 Å². The molecule has 0 bridgehead atoms. The number of fused-ring (bicyclic) bond motifs is 11. The van der Waals surface area contributed by atoms with E-state index in [2.05, 4.69) is 177 Å². The van der Waals surface area contributed by atoms with Crippen molar-refractivity contribution in [3.8, 4) is 22.3 Å². The third-order valence-corrected chi connectivity index (χ3v) is 11.6. The standard InChI is InChI=1S/C48H37BN2O/c1-28-24-37-34-19-13-18-33-32-16-9-11-20-38(32)51(47(33)34)49-44(37)40(25-28)50(39-22-23-42-43(45(39)49)35-17-10-12-21-41(35)52-42)46-29(2)26-31(48(3,4)5)27-36(46)30-14-7-6-8-15-30/h6-27H,1-5H3. The maximum Gasteiger partial charge on any atom is 0.333 e. The number of anilines is 3. The summed E-state index contributed by atoms with van der Waals surface area (Å²) in [7, 11) is 0. The van der Waals surface area contributed by atoms with Crippen LogP contribution in [0.5, 0.6) is 0 Å². The van der Waals surface area contributed by atoms with Gasteiger partial charge in [0.1, 0.15) is 11.2 Å². The van der Waals surface area contributed by atoms with Gasteiger partial charge in [0.05, 0.1) is 5.69 Å². The quantitative estimate of drug-likeness (QED) is 0.171. The van der Waals surface area contributed by atoms with Crippen molar-refractivity contribution in [2.75, 3.05) is 4.90 Å². The van der Waals surface area contributed by atoms with Crippen LogP contribution in [0.15, 0.2) is 138 Å². The number of rotatable bonds is 2. The van der Waals surface area contributed by atoms with Crippen LogP contribution in [-0.4, -0.2) is 11.3 Å². The average molecular weight is 669 g/mol. The summed E-state index contributed by atoms with van der Waals surface area (Å²) in [5.41, 5.74) is 19.6. The highest BCUT2D eigenvalue weighted by atomic mass is 16.3.